The first-order valence-electron chi connectivity index (χ1n) is 4.93. The fraction of sp³-hybridized carbons (Fsp3) is 0.900. The molecule has 1 saturated carbocycles. The molecule has 1 nitrogen and oxygen atoms in total. The van der Waals surface area contributed by atoms with Crippen LogP contribution in [0.3, 0.4) is 0 Å². The Balaban J connectivity index is 1.96. The highest BCUT2D eigenvalue weighted by Gasteiger charge is 2.11. The zero-order valence-corrected chi connectivity index (χ0v) is 7.44. The van der Waals surface area contributed by atoms with E-state index in [9.17, 15) is 0 Å². The third kappa shape index (κ3) is 3.76. The second-order valence-corrected chi connectivity index (χ2v) is 3.56. The molecule has 11 heavy (non-hydrogen) atoms. The summed E-state index contributed by atoms with van der Waals surface area (Å²) < 4.78 is 0. The Morgan fingerprint density at radius 3 is 2.55 bits per heavy atom. The lowest BCUT2D eigenvalue weighted by atomic mass is 9.89. The zero-order chi connectivity index (χ0) is 7.94. The molecule has 1 aliphatic rings. The third-order valence-corrected chi connectivity index (χ3v) is 2.51. The van der Waals surface area contributed by atoms with Gasteiger partial charge in [-0.2, -0.15) is 0 Å². The third-order valence-electron chi connectivity index (χ3n) is 2.51. The highest BCUT2D eigenvalue weighted by molar-refractivity contribution is 4.67. The van der Waals surface area contributed by atoms with Crippen LogP contribution >= 0.6 is 0 Å². The van der Waals surface area contributed by atoms with Crippen molar-refractivity contribution in [1.29, 1.82) is 0 Å². The molecule has 1 rings (SSSR count). The molecule has 1 N–H and O–H groups in total. The summed E-state index contributed by atoms with van der Waals surface area (Å²) in [5, 5.41) is 3.44. The van der Waals surface area contributed by atoms with Crippen LogP contribution in [0.4, 0.5) is 0 Å². The Hall–Kier alpha value is -0.0400. The number of nitrogens with one attached hydrogen (secondary N) is 1. The molecular formula is C10H20N. The minimum absolute atomic E-state index is 0.968. The van der Waals surface area contributed by atoms with Gasteiger partial charge < -0.3 is 5.32 Å². The van der Waals surface area contributed by atoms with Gasteiger partial charge in [0.2, 0.25) is 0 Å². The highest BCUT2D eigenvalue weighted by Crippen LogP contribution is 2.22. The highest BCUT2D eigenvalue weighted by atomic mass is 14.8. The Kier molecular flexibility index (Phi) is 4.60. The van der Waals surface area contributed by atoms with Crippen LogP contribution in [0.15, 0.2) is 0 Å². The van der Waals surface area contributed by atoms with Gasteiger partial charge >= 0.3 is 0 Å². The van der Waals surface area contributed by atoms with Gasteiger partial charge in [0, 0.05) is 0 Å². The van der Waals surface area contributed by atoms with Crippen LogP contribution < -0.4 is 5.32 Å². The molecule has 0 aromatic rings. The SMILES string of the molecule is [CH2]CCNCC1CCCCC1. The molecule has 0 aliphatic heterocycles. The van der Waals surface area contributed by atoms with Gasteiger partial charge in [-0.15, -0.1) is 0 Å². The fourth-order valence-electron chi connectivity index (χ4n) is 1.82. The normalized spacial score (nSPS) is 20.5. The van der Waals surface area contributed by atoms with Crippen LogP contribution in [0.5, 0.6) is 0 Å². The molecule has 65 valence electrons. The molecule has 0 heterocycles. The maximum Gasteiger partial charge on any atom is -0.00205 e. The van der Waals surface area contributed by atoms with Gasteiger partial charge in [0.1, 0.15) is 0 Å². The summed E-state index contributed by atoms with van der Waals surface area (Å²) in [5.41, 5.74) is 0. The summed E-state index contributed by atoms with van der Waals surface area (Å²) in [5.74, 6) is 0.968. The van der Waals surface area contributed by atoms with Crippen molar-refractivity contribution < 1.29 is 0 Å². The molecular weight excluding hydrogens is 134 g/mol. The van der Waals surface area contributed by atoms with Crippen molar-refractivity contribution in [3.63, 3.8) is 0 Å². The minimum Gasteiger partial charge on any atom is -0.316 e. The Labute approximate surface area is 70.6 Å². The van der Waals surface area contributed by atoms with Gasteiger partial charge in [-0.1, -0.05) is 26.2 Å². The summed E-state index contributed by atoms with van der Waals surface area (Å²) >= 11 is 0. The molecule has 1 aliphatic carbocycles. The lowest BCUT2D eigenvalue weighted by molar-refractivity contribution is 0.343. The number of hydrogen-bond donors (Lipinski definition) is 1. The fourth-order valence-corrected chi connectivity index (χ4v) is 1.82. The molecule has 1 radical (unpaired) electrons. The maximum absolute atomic E-state index is 3.81. The van der Waals surface area contributed by atoms with Crippen LogP contribution in [-0.4, -0.2) is 13.1 Å². The zero-order valence-electron chi connectivity index (χ0n) is 7.44. The Morgan fingerprint density at radius 2 is 1.91 bits per heavy atom. The molecule has 1 heteroatoms. The molecule has 0 atom stereocenters. The van der Waals surface area contributed by atoms with Crippen molar-refractivity contribution in [3.8, 4) is 0 Å². The summed E-state index contributed by atoms with van der Waals surface area (Å²) in [6.07, 6.45) is 8.29. The predicted octanol–water partition coefficient (Wildman–Crippen LogP) is 2.38. The monoisotopic (exact) mass is 154 g/mol. The topological polar surface area (TPSA) is 12.0 Å². The van der Waals surface area contributed by atoms with Crippen molar-refractivity contribution in [2.75, 3.05) is 13.1 Å². The van der Waals surface area contributed by atoms with Gasteiger partial charge in [0.15, 0.2) is 0 Å². The van der Waals surface area contributed by atoms with Crippen LogP contribution in [-0.2, 0) is 0 Å². The molecule has 1 fully saturated rings. The van der Waals surface area contributed by atoms with Gasteiger partial charge in [0.05, 0.1) is 0 Å². The molecule has 0 bridgehead atoms. The van der Waals surface area contributed by atoms with E-state index >= 15 is 0 Å². The smallest absolute Gasteiger partial charge is 0.00205 e. The number of hydrogen-bond acceptors (Lipinski definition) is 1. The molecule has 0 aromatic carbocycles. The second-order valence-electron chi connectivity index (χ2n) is 3.56. The van der Waals surface area contributed by atoms with Crippen molar-refractivity contribution >= 4 is 0 Å². The second kappa shape index (κ2) is 5.59. The van der Waals surface area contributed by atoms with Gasteiger partial charge in [0.25, 0.3) is 0 Å². The predicted molar refractivity (Wildman–Crippen MR) is 49.4 cm³/mol. The van der Waals surface area contributed by atoms with E-state index in [1.54, 1.807) is 0 Å². The maximum atomic E-state index is 3.81. The van der Waals surface area contributed by atoms with Gasteiger partial charge in [-0.25, -0.2) is 0 Å². The van der Waals surface area contributed by atoms with E-state index in [0.717, 1.165) is 18.9 Å². The molecule has 0 unspecified atom stereocenters. The van der Waals surface area contributed by atoms with Crippen LogP contribution in [0, 0.1) is 12.8 Å². The summed E-state index contributed by atoms with van der Waals surface area (Å²) in [6.45, 7) is 6.13. The van der Waals surface area contributed by atoms with E-state index in [2.05, 4.69) is 12.2 Å². The van der Waals surface area contributed by atoms with E-state index in [1.165, 1.54) is 38.6 Å². The van der Waals surface area contributed by atoms with E-state index < -0.39 is 0 Å². The van der Waals surface area contributed by atoms with Crippen molar-refractivity contribution in [2.45, 2.75) is 38.5 Å². The van der Waals surface area contributed by atoms with E-state index in [0.29, 0.717) is 0 Å². The van der Waals surface area contributed by atoms with Gasteiger partial charge in [-0.3, -0.25) is 0 Å². The Bertz CT molecular complexity index is 84.9. The molecule has 0 amide bonds. The first-order valence-corrected chi connectivity index (χ1v) is 4.93. The van der Waals surface area contributed by atoms with Crippen LogP contribution in [0.1, 0.15) is 38.5 Å². The van der Waals surface area contributed by atoms with E-state index in [4.69, 9.17) is 0 Å². The standard InChI is InChI=1S/C10H20N/c1-2-8-11-9-10-6-4-3-5-7-10/h10-11H,1-9H2. The van der Waals surface area contributed by atoms with Crippen LogP contribution in [0.2, 0.25) is 0 Å². The summed E-state index contributed by atoms with van der Waals surface area (Å²) in [6, 6.07) is 0. The minimum atomic E-state index is 0.968. The van der Waals surface area contributed by atoms with Crippen molar-refractivity contribution in [2.24, 2.45) is 5.92 Å². The summed E-state index contributed by atoms with van der Waals surface area (Å²) in [4.78, 5) is 0. The number of rotatable bonds is 4. The molecule has 0 spiro atoms. The summed E-state index contributed by atoms with van der Waals surface area (Å²) in [7, 11) is 0. The molecule has 0 saturated heterocycles. The lowest BCUT2D eigenvalue weighted by Gasteiger charge is -2.21. The average Bonchev–Trinajstić information content (AvgIpc) is 2.07. The van der Waals surface area contributed by atoms with Crippen LogP contribution in [0.25, 0.3) is 0 Å². The lowest BCUT2D eigenvalue weighted by Crippen LogP contribution is -2.24. The Morgan fingerprint density at radius 1 is 1.18 bits per heavy atom. The first kappa shape index (κ1) is 9.05. The quantitative estimate of drug-likeness (QED) is 0.613. The van der Waals surface area contributed by atoms with E-state index in [-0.39, 0.29) is 0 Å². The molecule has 0 aromatic heterocycles. The largest absolute Gasteiger partial charge is 0.316 e. The van der Waals surface area contributed by atoms with Gasteiger partial charge in [-0.05, 0) is 38.3 Å². The van der Waals surface area contributed by atoms with E-state index in [1.807, 2.05) is 0 Å². The first-order chi connectivity index (χ1) is 5.43. The van der Waals surface area contributed by atoms with Crippen molar-refractivity contribution in [1.82, 2.24) is 5.32 Å². The average molecular weight is 154 g/mol. The van der Waals surface area contributed by atoms with Crippen molar-refractivity contribution in [3.05, 3.63) is 6.92 Å².